The minimum atomic E-state index is -3.88. The quantitative estimate of drug-likeness (QED) is 0.669. The van der Waals surface area contributed by atoms with Gasteiger partial charge in [0, 0.05) is 16.3 Å². The third-order valence-corrected chi connectivity index (χ3v) is 7.26. The van der Waals surface area contributed by atoms with E-state index in [2.05, 4.69) is 4.72 Å². The summed E-state index contributed by atoms with van der Waals surface area (Å²) in [5.74, 6) is -0.465. The molecule has 2 heterocycles. The molecule has 4 nitrogen and oxygen atoms in total. The van der Waals surface area contributed by atoms with E-state index in [4.69, 9.17) is 0 Å². The fourth-order valence-corrected chi connectivity index (χ4v) is 5.28. The molecule has 0 spiro atoms. The first kappa shape index (κ1) is 18.2. The second kappa shape index (κ2) is 6.97. The smallest absolute Gasteiger partial charge is 0.240 e. The normalized spacial score (nSPS) is 12.4. The Morgan fingerprint density at radius 3 is 2.20 bits per heavy atom. The van der Waals surface area contributed by atoms with Crippen molar-refractivity contribution in [3.8, 4) is 0 Å². The average molecular weight is 398 g/mol. The molecule has 2 aromatic heterocycles. The first-order valence-corrected chi connectivity index (χ1v) is 10.6. The second-order valence-electron chi connectivity index (χ2n) is 5.55. The van der Waals surface area contributed by atoms with E-state index < -0.39 is 21.4 Å². The molecular formula is C17H16FNO3S3. The standard InChI is InChI=1S/C17H16FNO3S3/c1-12-10-13(6-7-14(12)18)25(21,22)19-11-17(20,15-4-2-8-23-15)16-5-3-9-24-16/h2-10,19-20H,11H2,1H3. The fraction of sp³-hybridized carbons (Fsp3) is 0.176. The van der Waals surface area contributed by atoms with E-state index in [0.29, 0.717) is 9.75 Å². The maximum absolute atomic E-state index is 13.4. The summed E-state index contributed by atoms with van der Waals surface area (Å²) < 4.78 is 40.9. The third kappa shape index (κ3) is 3.68. The number of hydrogen-bond acceptors (Lipinski definition) is 5. The number of halogens is 1. The van der Waals surface area contributed by atoms with Crippen molar-refractivity contribution in [1.29, 1.82) is 0 Å². The molecule has 0 saturated heterocycles. The molecule has 132 valence electrons. The summed E-state index contributed by atoms with van der Waals surface area (Å²) in [4.78, 5) is 1.26. The van der Waals surface area contributed by atoms with E-state index in [9.17, 15) is 17.9 Å². The Morgan fingerprint density at radius 2 is 1.72 bits per heavy atom. The van der Waals surface area contributed by atoms with Crippen LogP contribution in [0.15, 0.2) is 58.1 Å². The first-order chi connectivity index (χ1) is 11.8. The molecule has 3 rings (SSSR count). The van der Waals surface area contributed by atoms with Gasteiger partial charge in [-0.2, -0.15) is 0 Å². The number of sulfonamides is 1. The van der Waals surface area contributed by atoms with Crippen LogP contribution in [0.4, 0.5) is 4.39 Å². The van der Waals surface area contributed by atoms with Crippen LogP contribution in [0.3, 0.4) is 0 Å². The van der Waals surface area contributed by atoms with Gasteiger partial charge < -0.3 is 5.11 Å². The molecule has 0 aliphatic carbocycles. The molecule has 2 N–H and O–H groups in total. The van der Waals surface area contributed by atoms with Crippen LogP contribution in [0, 0.1) is 12.7 Å². The molecule has 0 unspecified atom stereocenters. The molecule has 3 aromatic rings. The number of benzene rings is 1. The predicted molar refractivity (Wildman–Crippen MR) is 98.0 cm³/mol. The van der Waals surface area contributed by atoms with Crippen LogP contribution in [-0.2, 0) is 15.6 Å². The van der Waals surface area contributed by atoms with Gasteiger partial charge in [0.05, 0.1) is 4.90 Å². The maximum Gasteiger partial charge on any atom is 0.240 e. The monoisotopic (exact) mass is 397 g/mol. The van der Waals surface area contributed by atoms with Crippen molar-refractivity contribution in [2.75, 3.05) is 6.54 Å². The summed E-state index contributed by atoms with van der Waals surface area (Å²) in [5, 5.41) is 14.8. The molecule has 0 atom stereocenters. The van der Waals surface area contributed by atoms with E-state index in [1.54, 1.807) is 24.3 Å². The van der Waals surface area contributed by atoms with Gasteiger partial charge in [0.25, 0.3) is 0 Å². The van der Waals surface area contributed by atoms with Gasteiger partial charge in [-0.05, 0) is 53.6 Å². The van der Waals surface area contributed by atoms with Gasteiger partial charge in [-0.15, -0.1) is 22.7 Å². The van der Waals surface area contributed by atoms with E-state index in [1.165, 1.54) is 41.7 Å². The Kier molecular flexibility index (Phi) is 5.08. The number of aryl methyl sites for hydroxylation is 1. The molecule has 0 bridgehead atoms. The Labute approximate surface area is 153 Å². The summed E-state index contributed by atoms with van der Waals surface area (Å²) in [5.41, 5.74) is -1.21. The summed E-state index contributed by atoms with van der Waals surface area (Å²) >= 11 is 2.70. The van der Waals surface area contributed by atoms with Gasteiger partial charge in [-0.25, -0.2) is 17.5 Å². The van der Waals surface area contributed by atoms with Crippen molar-refractivity contribution >= 4 is 32.7 Å². The van der Waals surface area contributed by atoms with Crippen LogP contribution in [0.2, 0.25) is 0 Å². The lowest BCUT2D eigenvalue weighted by Crippen LogP contribution is -2.40. The van der Waals surface area contributed by atoms with Gasteiger partial charge in [-0.3, -0.25) is 0 Å². The van der Waals surface area contributed by atoms with Crippen molar-refractivity contribution in [3.05, 3.63) is 74.4 Å². The Hall–Kier alpha value is -1.58. The summed E-state index contributed by atoms with van der Waals surface area (Å²) in [6.45, 7) is 1.29. The first-order valence-electron chi connectivity index (χ1n) is 7.39. The lowest BCUT2D eigenvalue weighted by Gasteiger charge is -2.26. The highest BCUT2D eigenvalue weighted by atomic mass is 32.2. The molecule has 0 amide bonds. The van der Waals surface area contributed by atoms with Crippen molar-refractivity contribution < 1.29 is 17.9 Å². The zero-order valence-electron chi connectivity index (χ0n) is 13.3. The number of thiophene rings is 2. The molecule has 1 aromatic carbocycles. The summed E-state index contributed by atoms with van der Waals surface area (Å²) in [6, 6.07) is 10.7. The minimum Gasteiger partial charge on any atom is -0.377 e. The molecule has 8 heteroatoms. The van der Waals surface area contributed by atoms with Crippen LogP contribution in [0.25, 0.3) is 0 Å². The van der Waals surface area contributed by atoms with Crippen molar-refractivity contribution in [2.45, 2.75) is 17.4 Å². The highest BCUT2D eigenvalue weighted by Gasteiger charge is 2.35. The van der Waals surface area contributed by atoms with Gasteiger partial charge in [0.2, 0.25) is 10.0 Å². The van der Waals surface area contributed by atoms with Crippen LogP contribution < -0.4 is 4.72 Å². The Morgan fingerprint density at radius 1 is 1.12 bits per heavy atom. The van der Waals surface area contributed by atoms with E-state index in [0.717, 1.165) is 6.07 Å². The number of aliphatic hydroxyl groups is 1. The third-order valence-electron chi connectivity index (χ3n) is 3.82. The van der Waals surface area contributed by atoms with Crippen molar-refractivity contribution in [1.82, 2.24) is 4.72 Å². The highest BCUT2D eigenvalue weighted by Crippen LogP contribution is 2.35. The lowest BCUT2D eigenvalue weighted by atomic mass is 10.0. The van der Waals surface area contributed by atoms with Gasteiger partial charge in [-0.1, -0.05) is 12.1 Å². The molecule has 0 saturated carbocycles. The van der Waals surface area contributed by atoms with Gasteiger partial charge in [0.1, 0.15) is 11.4 Å². The highest BCUT2D eigenvalue weighted by molar-refractivity contribution is 7.89. The van der Waals surface area contributed by atoms with E-state index in [-0.39, 0.29) is 17.0 Å². The molecule has 0 fully saturated rings. The predicted octanol–water partition coefficient (Wildman–Crippen LogP) is 3.47. The van der Waals surface area contributed by atoms with Crippen LogP contribution in [-0.4, -0.2) is 20.1 Å². The number of hydrogen-bond donors (Lipinski definition) is 2. The van der Waals surface area contributed by atoms with Crippen molar-refractivity contribution in [3.63, 3.8) is 0 Å². The number of nitrogens with one attached hydrogen (secondary N) is 1. The zero-order chi connectivity index (χ0) is 18.1. The topological polar surface area (TPSA) is 66.4 Å². The zero-order valence-corrected chi connectivity index (χ0v) is 15.7. The molecule has 25 heavy (non-hydrogen) atoms. The lowest BCUT2D eigenvalue weighted by molar-refractivity contribution is 0.0937. The Bertz CT molecular complexity index is 917. The molecule has 0 aliphatic heterocycles. The number of rotatable bonds is 6. The Balaban J connectivity index is 1.90. The summed E-state index contributed by atoms with van der Waals surface area (Å²) in [6.07, 6.45) is 0. The maximum atomic E-state index is 13.4. The average Bonchev–Trinajstić information content (AvgIpc) is 3.29. The molecule has 0 aliphatic rings. The van der Waals surface area contributed by atoms with Crippen LogP contribution in [0.1, 0.15) is 15.3 Å². The van der Waals surface area contributed by atoms with Gasteiger partial charge >= 0.3 is 0 Å². The van der Waals surface area contributed by atoms with Crippen LogP contribution in [0.5, 0.6) is 0 Å². The largest absolute Gasteiger partial charge is 0.377 e. The second-order valence-corrected chi connectivity index (χ2v) is 9.21. The van der Waals surface area contributed by atoms with Crippen LogP contribution >= 0.6 is 22.7 Å². The molecular weight excluding hydrogens is 381 g/mol. The molecule has 0 radical (unpaired) electrons. The fourth-order valence-electron chi connectivity index (χ4n) is 2.39. The van der Waals surface area contributed by atoms with E-state index >= 15 is 0 Å². The minimum absolute atomic E-state index is 0.0360. The van der Waals surface area contributed by atoms with Gasteiger partial charge in [0.15, 0.2) is 0 Å². The van der Waals surface area contributed by atoms with E-state index in [1.807, 2.05) is 10.8 Å². The summed E-state index contributed by atoms with van der Waals surface area (Å²) in [7, 11) is -3.88. The SMILES string of the molecule is Cc1cc(S(=O)(=O)NCC(O)(c2cccs2)c2cccs2)ccc1F. The van der Waals surface area contributed by atoms with Crippen molar-refractivity contribution in [2.24, 2.45) is 0 Å².